The minimum atomic E-state index is -0.735. The number of nitro benzene ring substituents is 1. The van der Waals surface area contributed by atoms with E-state index in [2.05, 4.69) is 0 Å². The second-order valence-electron chi connectivity index (χ2n) is 3.31. The smallest absolute Gasteiger partial charge is 0.311 e. The van der Waals surface area contributed by atoms with Gasteiger partial charge in [-0.1, -0.05) is 0 Å². The largest absolute Gasteiger partial charge is 0.502 e. The fraction of sp³-hybridized carbons (Fsp3) is 0.333. The number of phenolic OH excluding ortho intramolecular Hbond substituents is 1. The van der Waals surface area contributed by atoms with E-state index >= 15 is 0 Å². The van der Waals surface area contributed by atoms with Gasteiger partial charge >= 0.3 is 5.69 Å². The number of aliphatic hydroxyl groups is 1. The molecule has 88 valence electrons. The monoisotopic (exact) mass is 227 g/mol. The summed E-state index contributed by atoms with van der Waals surface area (Å²) in [5, 5.41) is 29.2. The highest BCUT2D eigenvalue weighted by Gasteiger charge is 2.21. The molecular formula is C9H13N3O4. The quantitative estimate of drug-likeness (QED) is 0.413. The molecule has 0 saturated heterocycles. The first-order valence-corrected chi connectivity index (χ1v) is 4.58. The average molecular weight is 227 g/mol. The van der Waals surface area contributed by atoms with E-state index in [4.69, 9.17) is 16.6 Å². The van der Waals surface area contributed by atoms with E-state index in [1.165, 1.54) is 6.07 Å². The first kappa shape index (κ1) is 12.4. The summed E-state index contributed by atoms with van der Waals surface area (Å²) >= 11 is 0. The molecular weight excluding hydrogens is 214 g/mol. The Morgan fingerprint density at radius 3 is 2.56 bits per heavy atom. The third-order valence-electron chi connectivity index (χ3n) is 2.21. The van der Waals surface area contributed by atoms with Crippen LogP contribution in [0.5, 0.6) is 5.75 Å². The lowest BCUT2D eigenvalue weighted by Crippen LogP contribution is -2.21. The molecule has 0 aliphatic rings. The van der Waals surface area contributed by atoms with Gasteiger partial charge in [-0.2, -0.15) is 0 Å². The molecule has 1 aromatic carbocycles. The summed E-state index contributed by atoms with van der Waals surface area (Å²) in [4.78, 5) is 9.91. The average Bonchev–Trinajstić information content (AvgIpc) is 2.28. The number of hydrogen-bond acceptors (Lipinski definition) is 6. The topological polar surface area (TPSA) is 136 Å². The van der Waals surface area contributed by atoms with E-state index in [9.17, 15) is 15.2 Å². The molecule has 0 aromatic heterocycles. The summed E-state index contributed by atoms with van der Waals surface area (Å²) in [6.07, 6.45) is 0. The van der Waals surface area contributed by atoms with E-state index < -0.39 is 22.4 Å². The lowest BCUT2D eigenvalue weighted by atomic mass is 10.0. The van der Waals surface area contributed by atoms with Gasteiger partial charge in [0.25, 0.3) is 0 Å². The van der Waals surface area contributed by atoms with Crippen LogP contribution in [0.1, 0.15) is 17.2 Å². The molecule has 1 rings (SSSR count). The van der Waals surface area contributed by atoms with Crippen molar-refractivity contribution in [1.29, 1.82) is 0 Å². The minimum Gasteiger partial charge on any atom is -0.502 e. The number of phenols is 1. The van der Waals surface area contributed by atoms with Gasteiger partial charge in [0, 0.05) is 24.2 Å². The van der Waals surface area contributed by atoms with Crippen LogP contribution in [0.4, 0.5) is 5.69 Å². The van der Waals surface area contributed by atoms with Crippen molar-refractivity contribution in [3.63, 3.8) is 0 Å². The highest BCUT2D eigenvalue weighted by Crippen LogP contribution is 2.34. The van der Waals surface area contributed by atoms with Crippen LogP contribution < -0.4 is 11.5 Å². The van der Waals surface area contributed by atoms with E-state index in [1.807, 2.05) is 0 Å². The van der Waals surface area contributed by atoms with E-state index in [1.54, 1.807) is 0 Å². The second-order valence-corrected chi connectivity index (χ2v) is 3.31. The van der Waals surface area contributed by atoms with E-state index in [0.717, 1.165) is 6.07 Å². The van der Waals surface area contributed by atoms with E-state index in [-0.39, 0.29) is 18.7 Å². The molecule has 0 heterocycles. The Labute approximate surface area is 91.4 Å². The van der Waals surface area contributed by atoms with Crippen molar-refractivity contribution in [1.82, 2.24) is 0 Å². The van der Waals surface area contributed by atoms with Gasteiger partial charge in [0.2, 0.25) is 0 Å². The summed E-state index contributed by atoms with van der Waals surface area (Å²) in [5.74, 6) is -0.500. The van der Waals surface area contributed by atoms with E-state index in [0.29, 0.717) is 5.56 Å². The highest BCUT2D eigenvalue weighted by molar-refractivity contribution is 5.54. The summed E-state index contributed by atoms with van der Waals surface area (Å²) < 4.78 is 0. The van der Waals surface area contributed by atoms with Gasteiger partial charge in [-0.05, 0) is 11.6 Å². The summed E-state index contributed by atoms with van der Waals surface area (Å²) in [7, 11) is 0. The Hall–Kier alpha value is -1.70. The van der Waals surface area contributed by atoms with Gasteiger partial charge in [0.1, 0.15) is 0 Å². The number of hydrogen-bond donors (Lipinski definition) is 4. The van der Waals surface area contributed by atoms with Gasteiger partial charge in [0.05, 0.1) is 11.5 Å². The molecule has 1 aromatic rings. The Kier molecular flexibility index (Phi) is 3.78. The number of benzene rings is 1. The van der Waals surface area contributed by atoms with Crippen molar-refractivity contribution in [2.75, 3.05) is 6.54 Å². The maximum absolute atomic E-state index is 10.6. The fourth-order valence-corrected chi connectivity index (χ4v) is 1.34. The third kappa shape index (κ3) is 2.27. The zero-order valence-corrected chi connectivity index (χ0v) is 8.46. The number of nitrogens with two attached hydrogens (primary N) is 2. The molecule has 0 radical (unpaired) electrons. The molecule has 1 atom stereocenters. The van der Waals surface area contributed by atoms with Crippen LogP contribution >= 0.6 is 0 Å². The van der Waals surface area contributed by atoms with Gasteiger partial charge < -0.3 is 21.7 Å². The van der Waals surface area contributed by atoms with Crippen LogP contribution in [0.25, 0.3) is 0 Å². The van der Waals surface area contributed by atoms with Gasteiger partial charge in [0.15, 0.2) is 5.75 Å². The fourth-order valence-electron chi connectivity index (χ4n) is 1.34. The van der Waals surface area contributed by atoms with Gasteiger partial charge in [-0.3, -0.25) is 10.1 Å². The highest BCUT2D eigenvalue weighted by atomic mass is 16.6. The molecule has 7 nitrogen and oxygen atoms in total. The first-order valence-electron chi connectivity index (χ1n) is 4.58. The Bertz CT molecular complexity index is 408. The van der Waals surface area contributed by atoms with Crippen molar-refractivity contribution in [3.8, 4) is 5.75 Å². The molecule has 0 amide bonds. The van der Waals surface area contributed by atoms with Crippen molar-refractivity contribution in [2.45, 2.75) is 12.6 Å². The molecule has 7 heteroatoms. The van der Waals surface area contributed by atoms with Crippen LogP contribution in [-0.4, -0.2) is 21.7 Å². The standard InChI is InChI=1S/C9H13N3O4/c10-3-7(11)6-1-5(4-13)2-8(9(6)14)12(15)16/h1-2,7,13-14H,3-4,10-11H2/t7-/m0/s1. The minimum absolute atomic E-state index is 0.0413. The van der Waals surface area contributed by atoms with Crippen LogP contribution in [0, 0.1) is 10.1 Å². The van der Waals surface area contributed by atoms with Crippen LogP contribution in [0.2, 0.25) is 0 Å². The van der Waals surface area contributed by atoms with Crippen molar-refractivity contribution in [2.24, 2.45) is 11.5 Å². The number of aromatic hydroxyl groups is 1. The predicted octanol–water partition coefficient (Wildman–Crippen LogP) is -0.249. The molecule has 6 N–H and O–H groups in total. The van der Waals surface area contributed by atoms with Crippen LogP contribution in [-0.2, 0) is 6.61 Å². The predicted molar refractivity (Wildman–Crippen MR) is 56.7 cm³/mol. The Balaban J connectivity index is 3.37. The molecule has 0 fully saturated rings. The van der Waals surface area contributed by atoms with Crippen LogP contribution in [0.15, 0.2) is 12.1 Å². The van der Waals surface area contributed by atoms with Gasteiger partial charge in [-0.25, -0.2) is 0 Å². The van der Waals surface area contributed by atoms with Crippen molar-refractivity contribution >= 4 is 5.69 Å². The maximum atomic E-state index is 10.6. The number of rotatable bonds is 4. The molecule has 0 unspecified atom stereocenters. The zero-order chi connectivity index (χ0) is 12.3. The number of aliphatic hydroxyl groups excluding tert-OH is 1. The lowest BCUT2D eigenvalue weighted by molar-refractivity contribution is -0.386. The first-order chi connectivity index (χ1) is 7.51. The molecule has 0 aliphatic carbocycles. The van der Waals surface area contributed by atoms with Crippen molar-refractivity contribution in [3.05, 3.63) is 33.4 Å². The van der Waals surface area contributed by atoms with Crippen LogP contribution in [0.3, 0.4) is 0 Å². The van der Waals surface area contributed by atoms with Crippen molar-refractivity contribution < 1.29 is 15.1 Å². The number of nitrogens with zero attached hydrogens (tertiary/aromatic N) is 1. The molecule has 0 saturated carbocycles. The number of nitro groups is 1. The SMILES string of the molecule is NC[C@H](N)c1cc(CO)cc([N+](=O)[O-])c1O. The Morgan fingerprint density at radius 1 is 1.50 bits per heavy atom. The zero-order valence-electron chi connectivity index (χ0n) is 8.46. The Morgan fingerprint density at radius 2 is 2.12 bits per heavy atom. The third-order valence-corrected chi connectivity index (χ3v) is 2.21. The molecule has 16 heavy (non-hydrogen) atoms. The maximum Gasteiger partial charge on any atom is 0.311 e. The second kappa shape index (κ2) is 4.88. The lowest BCUT2D eigenvalue weighted by Gasteiger charge is -2.12. The molecule has 0 spiro atoms. The van der Waals surface area contributed by atoms with Gasteiger partial charge in [-0.15, -0.1) is 0 Å². The molecule has 0 aliphatic heterocycles. The molecule has 0 bridgehead atoms. The normalized spacial score (nSPS) is 12.4. The summed E-state index contributed by atoms with van der Waals surface area (Å²) in [5.41, 5.74) is 10.9. The summed E-state index contributed by atoms with van der Waals surface area (Å²) in [6, 6.07) is 1.80. The summed E-state index contributed by atoms with van der Waals surface area (Å²) in [6.45, 7) is -0.328.